The Bertz CT molecular complexity index is 339. The Balaban J connectivity index is 1.89. The molecule has 1 heterocycles. The van der Waals surface area contributed by atoms with Gasteiger partial charge in [-0.2, -0.15) is 0 Å². The third-order valence-corrected chi connectivity index (χ3v) is 4.65. The molecule has 0 spiro atoms. The number of hydrogen-bond donors (Lipinski definition) is 1. The lowest BCUT2D eigenvalue weighted by molar-refractivity contribution is 0.0933. The monoisotopic (exact) mass is 237 g/mol. The van der Waals surface area contributed by atoms with Crippen molar-refractivity contribution in [1.82, 2.24) is 5.32 Å². The Labute approximate surface area is 101 Å². The van der Waals surface area contributed by atoms with Gasteiger partial charge in [0.1, 0.15) is 0 Å². The van der Waals surface area contributed by atoms with Gasteiger partial charge in [0, 0.05) is 6.54 Å². The molecule has 0 bridgehead atoms. The molecule has 0 aromatic carbocycles. The van der Waals surface area contributed by atoms with Crippen LogP contribution in [0.4, 0.5) is 0 Å². The van der Waals surface area contributed by atoms with Crippen LogP contribution in [-0.4, -0.2) is 12.5 Å². The second-order valence-electron chi connectivity index (χ2n) is 4.72. The molecule has 0 atom stereocenters. The maximum absolute atomic E-state index is 11.8. The molecule has 1 aliphatic carbocycles. The van der Waals surface area contributed by atoms with Gasteiger partial charge in [0.15, 0.2) is 0 Å². The average Bonchev–Trinajstić information content (AvgIpc) is 2.98. The van der Waals surface area contributed by atoms with Crippen LogP contribution in [0.15, 0.2) is 17.5 Å². The molecule has 1 aromatic rings. The summed E-state index contributed by atoms with van der Waals surface area (Å²) in [4.78, 5) is 12.6. The SMILES string of the molecule is CCC1(CNC(=O)c2cccs2)CCCC1. The van der Waals surface area contributed by atoms with Crippen LogP contribution in [-0.2, 0) is 0 Å². The van der Waals surface area contributed by atoms with Gasteiger partial charge in [-0.05, 0) is 36.1 Å². The minimum absolute atomic E-state index is 0.0923. The summed E-state index contributed by atoms with van der Waals surface area (Å²) < 4.78 is 0. The van der Waals surface area contributed by atoms with E-state index < -0.39 is 0 Å². The summed E-state index contributed by atoms with van der Waals surface area (Å²) in [5.41, 5.74) is 0.382. The third-order valence-electron chi connectivity index (χ3n) is 3.78. The number of hydrogen-bond acceptors (Lipinski definition) is 2. The van der Waals surface area contributed by atoms with E-state index >= 15 is 0 Å². The van der Waals surface area contributed by atoms with Crippen molar-refractivity contribution in [3.8, 4) is 0 Å². The smallest absolute Gasteiger partial charge is 0.261 e. The molecule has 2 rings (SSSR count). The van der Waals surface area contributed by atoms with Crippen LogP contribution in [0.1, 0.15) is 48.7 Å². The Morgan fingerprint density at radius 2 is 2.25 bits per heavy atom. The van der Waals surface area contributed by atoms with Gasteiger partial charge in [0.2, 0.25) is 0 Å². The van der Waals surface area contributed by atoms with Crippen molar-refractivity contribution in [3.63, 3.8) is 0 Å². The maximum Gasteiger partial charge on any atom is 0.261 e. The Kier molecular flexibility index (Phi) is 3.64. The first-order valence-electron chi connectivity index (χ1n) is 6.07. The Morgan fingerprint density at radius 1 is 1.50 bits per heavy atom. The lowest BCUT2D eigenvalue weighted by Crippen LogP contribution is -2.35. The molecule has 0 unspecified atom stereocenters. The van der Waals surface area contributed by atoms with Crippen molar-refractivity contribution in [3.05, 3.63) is 22.4 Å². The molecule has 0 aliphatic heterocycles. The largest absolute Gasteiger partial charge is 0.351 e. The third kappa shape index (κ3) is 2.46. The second-order valence-corrected chi connectivity index (χ2v) is 5.67. The van der Waals surface area contributed by atoms with Gasteiger partial charge in [-0.1, -0.05) is 25.8 Å². The van der Waals surface area contributed by atoms with Crippen LogP contribution in [0.2, 0.25) is 0 Å². The van der Waals surface area contributed by atoms with E-state index in [0.29, 0.717) is 5.41 Å². The fourth-order valence-corrected chi connectivity index (χ4v) is 3.18. The van der Waals surface area contributed by atoms with E-state index in [4.69, 9.17) is 0 Å². The first-order valence-corrected chi connectivity index (χ1v) is 6.95. The molecule has 88 valence electrons. The molecule has 1 aliphatic rings. The van der Waals surface area contributed by atoms with Crippen LogP contribution >= 0.6 is 11.3 Å². The van der Waals surface area contributed by atoms with Gasteiger partial charge < -0.3 is 5.32 Å². The summed E-state index contributed by atoms with van der Waals surface area (Å²) in [5, 5.41) is 5.03. The summed E-state index contributed by atoms with van der Waals surface area (Å²) in [6, 6.07) is 3.80. The number of carbonyl (C=O) groups excluding carboxylic acids is 1. The zero-order valence-corrected chi connectivity index (χ0v) is 10.6. The molecule has 16 heavy (non-hydrogen) atoms. The highest BCUT2D eigenvalue weighted by Crippen LogP contribution is 2.40. The van der Waals surface area contributed by atoms with E-state index in [1.165, 1.54) is 43.4 Å². The van der Waals surface area contributed by atoms with E-state index in [1.807, 2.05) is 17.5 Å². The van der Waals surface area contributed by atoms with Crippen molar-refractivity contribution < 1.29 is 4.79 Å². The predicted octanol–water partition coefficient (Wildman–Crippen LogP) is 3.45. The van der Waals surface area contributed by atoms with E-state index in [-0.39, 0.29) is 5.91 Å². The molecule has 1 saturated carbocycles. The van der Waals surface area contributed by atoms with Gasteiger partial charge >= 0.3 is 0 Å². The lowest BCUT2D eigenvalue weighted by atomic mass is 9.83. The fraction of sp³-hybridized carbons (Fsp3) is 0.615. The average molecular weight is 237 g/mol. The standard InChI is InChI=1S/C13H19NOS/c1-2-13(7-3-4-8-13)10-14-12(15)11-6-5-9-16-11/h5-6,9H,2-4,7-8,10H2,1H3,(H,14,15). The zero-order valence-electron chi connectivity index (χ0n) is 9.79. The van der Waals surface area contributed by atoms with Crippen LogP contribution < -0.4 is 5.32 Å². The molecule has 0 saturated heterocycles. The topological polar surface area (TPSA) is 29.1 Å². The molecule has 1 aromatic heterocycles. The molecular weight excluding hydrogens is 218 g/mol. The maximum atomic E-state index is 11.8. The first kappa shape index (κ1) is 11.6. The Hall–Kier alpha value is -0.830. The molecular formula is C13H19NOS. The van der Waals surface area contributed by atoms with Crippen molar-refractivity contribution in [2.45, 2.75) is 39.0 Å². The minimum Gasteiger partial charge on any atom is -0.351 e. The summed E-state index contributed by atoms with van der Waals surface area (Å²) in [6.07, 6.45) is 6.37. The van der Waals surface area contributed by atoms with E-state index in [1.54, 1.807) is 0 Å². The highest BCUT2D eigenvalue weighted by molar-refractivity contribution is 7.12. The number of amides is 1. The second kappa shape index (κ2) is 5.00. The van der Waals surface area contributed by atoms with E-state index in [0.717, 1.165) is 11.4 Å². The summed E-state index contributed by atoms with van der Waals surface area (Å²) in [7, 11) is 0. The van der Waals surface area contributed by atoms with E-state index in [9.17, 15) is 4.79 Å². The van der Waals surface area contributed by atoms with Gasteiger partial charge in [0.25, 0.3) is 5.91 Å². The van der Waals surface area contributed by atoms with Gasteiger partial charge in [-0.15, -0.1) is 11.3 Å². The van der Waals surface area contributed by atoms with Crippen molar-refractivity contribution in [2.75, 3.05) is 6.54 Å². The van der Waals surface area contributed by atoms with Crippen LogP contribution in [0.5, 0.6) is 0 Å². The minimum atomic E-state index is 0.0923. The molecule has 0 radical (unpaired) electrons. The number of nitrogens with one attached hydrogen (secondary N) is 1. The van der Waals surface area contributed by atoms with Crippen molar-refractivity contribution >= 4 is 17.2 Å². The van der Waals surface area contributed by atoms with Crippen LogP contribution in [0, 0.1) is 5.41 Å². The normalized spacial score (nSPS) is 18.6. The number of rotatable bonds is 4. The number of thiophene rings is 1. The van der Waals surface area contributed by atoms with Crippen molar-refractivity contribution in [2.24, 2.45) is 5.41 Å². The lowest BCUT2D eigenvalue weighted by Gasteiger charge is -2.27. The summed E-state index contributed by atoms with van der Waals surface area (Å²) in [5.74, 6) is 0.0923. The Morgan fingerprint density at radius 3 is 2.81 bits per heavy atom. The molecule has 1 fully saturated rings. The fourth-order valence-electron chi connectivity index (χ4n) is 2.54. The number of carbonyl (C=O) groups is 1. The summed E-state index contributed by atoms with van der Waals surface area (Å²) in [6.45, 7) is 3.09. The summed E-state index contributed by atoms with van der Waals surface area (Å²) >= 11 is 1.51. The van der Waals surface area contributed by atoms with Gasteiger partial charge in [0.05, 0.1) is 4.88 Å². The molecule has 3 heteroatoms. The highest BCUT2D eigenvalue weighted by Gasteiger charge is 2.32. The van der Waals surface area contributed by atoms with E-state index in [2.05, 4.69) is 12.2 Å². The predicted molar refractivity (Wildman–Crippen MR) is 67.8 cm³/mol. The van der Waals surface area contributed by atoms with Gasteiger partial charge in [-0.25, -0.2) is 0 Å². The quantitative estimate of drug-likeness (QED) is 0.854. The van der Waals surface area contributed by atoms with Crippen LogP contribution in [0.3, 0.4) is 0 Å². The molecule has 1 amide bonds. The van der Waals surface area contributed by atoms with Crippen molar-refractivity contribution in [1.29, 1.82) is 0 Å². The molecule has 2 nitrogen and oxygen atoms in total. The van der Waals surface area contributed by atoms with Crippen LogP contribution in [0.25, 0.3) is 0 Å². The zero-order chi connectivity index (χ0) is 11.4. The molecule has 1 N–H and O–H groups in total. The first-order chi connectivity index (χ1) is 7.76. The van der Waals surface area contributed by atoms with Gasteiger partial charge in [-0.3, -0.25) is 4.79 Å². The highest BCUT2D eigenvalue weighted by atomic mass is 32.1.